The summed E-state index contributed by atoms with van der Waals surface area (Å²) < 4.78 is 6.72. The first-order valence-electron chi connectivity index (χ1n) is 12.2. The molecule has 4 rings (SSSR count). The first-order chi connectivity index (χ1) is 17.3. The van der Waals surface area contributed by atoms with E-state index in [-0.39, 0.29) is 31.0 Å². The number of hydrogen-bond acceptors (Lipinski definition) is 3. The van der Waals surface area contributed by atoms with E-state index < -0.39 is 6.04 Å². The number of nitrogens with one attached hydrogen (secondary N) is 1. The van der Waals surface area contributed by atoms with Crippen molar-refractivity contribution in [2.24, 2.45) is 0 Å². The zero-order chi connectivity index (χ0) is 25.7. The van der Waals surface area contributed by atoms with Crippen molar-refractivity contribution in [2.45, 2.75) is 57.7 Å². The Labute approximate surface area is 230 Å². The predicted octanol–water partition coefficient (Wildman–Crippen LogP) is 7.15. The lowest BCUT2D eigenvalue weighted by Crippen LogP contribution is -2.51. The number of benzene rings is 3. The monoisotopic (exact) mass is 590 g/mol. The predicted molar refractivity (Wildman–Crippen MR) is 149 cm³/mol. The Balaban J connectivity index is 1.51. The van der Waals surface area contributed by atoms with Crippen molar-refractivity contribution in [1.82, 2.24) is 10.2 Å². The normalized spacial score (nSPS) is 14.9. The van der Waals surface area contributed by atoms with Crippen molar-refractivity contribution in [3.63, 3.8) is 0 Å². The van der Waals surface area contributed by atoms with Crippen LogP contribution < -0.4 is 10.1 Å². The summed E-state index contributed by atoms with van der Waals surface area (Å²) in [5, 5.41) is 6.03. The highest BCUT2D eigenvalue weighted by Crippen LogP contribution is 2.33. The molecule has 2 amide bonds. The van der Waals surface area contributed by atoms with Crippen molar-refractivity contribution in [3.8, 4) is 5.75 Å². The van der Waals surface area contributed by atoms with Gasteiger partial charge in [0.1, 0.15) is 11.8 Å². The van der Waals surface area contributed by atoms with Gasteiger partial charge < -0.3 is 15.0 Å². The van der Waals surface area contributed by atoms with E-state index in [2.05, 4.69) is 21.2 Å². The summed E-state index contributed by atoms with van der Waals surface area (Å²) in [4.78, 5) is 28.1. The third kappa shape index (κ3) is 6.53. The van der Waals surface area contributed by atoms with Crippen molar-refractivity contribution in [1.29, 1.82) is 0 Å². The number of rotatable bonds is 8. The number of ether oxygens (including phenoxy) is 1. The van der Waals surface area contributed by atoms with Gasteiger partial charge in [-0.3, -0.25) is 9.59 Å². The Morgan fingerprint density at radius 3 is 2.56 bits per heavy atom. The van der Waals surface area contributed by atoms with E-state index in [1.807, 2.05) is 36.4 Å². The SMILES string of the molecule is CC(C(=O)NC1CCCCC1)N(Cc1ccc(Cl)c(Cl)c1)C(=O)COc1ccc2ccccc2c1Br. The Hall–Kier alpha value is -2.28. The van der Waals surface area contributed by atoms with Crippen LogP contribution in [0.2, 0.25) is 10.0 Å². The van der Waals surface area contributed by atoms with E-state index in [0.29, 0.717) is 15.8 Å². The molecule has 0 heterocycles. The third-order valence-electron chi connectivity index (χ3n) is 6.63. The Kier molecular flexibility index (Phi) is 9.15. The standard InChI is InChI=1S/C28H29BrCl2N2O3/c1-18(28(35)32-21-8-3-2-4-9-21)33(16-19-11-13-23(30)24(31)15-19)26(34)17-36-25-14-12-20-7-5-6-10-22(20)27(25)29/h5-7,10-15,18,21H,2-4,8-9,16-17H2,1H3,(H,32,35). The second kappa shape index (κ2) is 12.3. The largest absolute Gasteiger partial charge is 0.483 e. The highest BCUT2D eigenvalue weighted by molar-refractivity contribution is 9.10. The zero-order valence-electron chi connectivity index (χ0n) is 20.1. The molecule has 0 bridgehead atoms. The van der Waals surface area contributed by atoms with Crippen LogP contribution in [0.3, 0.4) is 0 Å². The van der Waals surface area contributed by atoms with Crippen molar-refractivity contribution < 1.29 is 14.3 Å². The molecule has 5 nitrogen and oxygen atoms in total. The fourth-order valence-corrected chi connectivity index (χ4v) is 5.46. The van der Waals surface area contributed by atoms with E-state index in [1.54, 1.807) is 25.1 Å². The number of nitrogens with zero attached hydrogens (tertiary/aromatic N) is 1. The van der Waals surface area contributed by atoms with Gasteiger partial charge in [0.25, 0.3) is 5.91 Å². The average Bonchev–Trinajstić information content (AvgIpc) is 2.89. The van der Waals surface area contributed by atoms with Crippen LogP contribution >= 0.6 is 39.1 Å². The minimum absolute atomic E-state index is 0.153. The second-order valence-corrected chi connectivity index (χ2v) is 10.8. The summed E-state index contributed by atoms with van der Waals surface area (Å²) in [6.45, 7) is 1.75. The highest BCUT2D eigenvalue weighted by Gasteiger charge is 2.28. The molecule has 0 aliphatic heterocycles. The molecule has 0 spiro atoms. The molecule has 1 N–H and O–H groups in total. The summed E-state index contributed by atoms with van der Waals surface area (Å²) in [7, 11) is 0. The molecule has 1 saturated carbocycles. The van der Waals surface area contributed by atoms with Gasteiger partial charge in [-0.15, -0.1) is 0 Å². The van der Waals surface area contributed by atoms with Crippen LogP contribution in [-0.2, 0) is 16.1 Å². The minimum atomic E-state index is -0.683. The lowest BCUT2D eigenvalue weighted by molar-refractivity contribution is -0.142. The molecule has 1 aliphatic rings. The van der Waals surface area contributed by atoms with Gasteiger partial charge in [0.05, 0.1) is 14.5 Å². The molecule has 1 unspecified atom stereocenters. The number of carbonyl (C=O) groups is 2. The summed E-state index contributed by atoms with van der Waals surface area (Å²) in [5.41, 5.74) is 0.780. The van der Waals surface area contributed by atoms with Gasteiger partial charge in [-0.2, -0.15) is 0 Å². The number of amides is 2. The van der Waals surface area contributed by atoms with Crippen LogP contribution in [0.4, 0.5) is 0 Å². The molecule has 1 atom stereocenters. The molecule has 8 heteroatoms. The lowest BCUT2D eigenvalue weighted by atomic mass is 9.95. The number of hydrogen-bond donors (Lipinski definition) is 1. The molecule has 3 aromatic carbocycles. The summed E-state index contributed by atoms with van der Waals surface area (Å²) in [6, 6.07) is 16.4. The highest BCUT2D eigenvalue weighted by atomic mass is 79.9. The maximum Gasteiger partial charge on any atom is 0.261 e. The molecule has 0 radical (unpaired) electrons. The van der Waals surface area contributed by atoms with Crippen LogP contribution in [0.25, 0.3) is 10.8 Å². The third-order valence-corrected chi connectivity index (χ3v) is 8.19. The van der Waals surface area contributed by atoms with E-state index in [4.69, 9.17) is 27.9 Å². The number of fused-ring (bicyclic) bond motifs is 1. The van der Waals surface area contributed by atoms with Crippen LogP contribution in [-0.4, -0.2) is 35.4 Å². The van der Waals surface area contributed by atoms with E-state index in [9.17, 15) is 9.59 Å². The van der Waals surface area contributed by atoms with Gasteiger partial charge in [0, 0.05) is 12.6 Å². The minimum Gasteiger partial charge on any atom is -0.483 e. The summed E-state index contributed by atoms with van der Waals surface area (Å²) in [6.07, 6.45) is 5.36. The first-order valence-corrected chi connectivity index (χ1v) is 13.7. The molecule has 0 saturated heterocycles. The van der Waals surface area contributed by atoms with Gasteiger partial charge in [0.2, 0.25) is 5.91 Å². The van der Waals surface area contributed by atoms with Crippen LogP contribution in [0.1, 0.15) is 44.6 Å². The Morgan fingerprint density at radius 2 is 1.81 bits per heavy atom. The van der Waals surface area contributed by atoms with Crippen molar-refractivity contribution in [3.05, 3.63) is 74.7 Å². The molecule has 36 heavy (non-hydrogen) atoms. The molecule has 1 fully saturated rings. The second-order valence-electron chi connectivity index (χ2n) is 9.18. The quantitative estimate of drug-likeness (QED) is 0.302. The molecule has 1 aliphatic carbocycles. The van der Waals surface area contributed by atoms with E-state index >= 15 is 0 Å². The lowest BCUT2D eigenvalue weighted by Gasteiger charge is -2.31. The van der Waals surface area contributed by atoms with Crippen molar-refractivity contribution >= 4 is 61.7 Å². The van der Waals surface area contributed by atoms with Crippen molar-refractivity contribution in [2.75, 3.05) is 6.61 Å². The number of carbonyl (C=O) groups excluding carboxylic acids is 2. The summed E-state index contributed by atoms with van der Waals surface area (Å²) in [5.74, 6) is 0.102. The Morgan fingerprint density at radius 1 is 1.06 bits per heavy atom. The van der Waals surface area contributed by atoms with Crippen LogP contribution in [0.5, 0.6) is 5.75 Å². The maximum atomic E-state index is 13.4. The van der Waals surface area contributed by atoms with Gasteiger partial charge in [-0.05, 0) is 70.2 Å². The van der Waals surface area contributed by atoms with Gasteiger partial charge in [-0.1, -0.05) is 78.9 Å². The molecule has 190 valence electrons. The summed E-state index contributed by atoms with van der Waals surface area (Å²) >= 11 is 15.9. The number of halogens is 3. The molecular weight excluding hydrogens is 563 g/mol. The zero-order valence-corrected chi connectivity index (χ0v) is 23.2. The molecular formula is C28H29BrCl2N2O3. The van der Waals surface area contributed by atoms with E-state index in [0.717, 1.165) is 46.5 Å². The van der Waals surface area contributed by atoms with Crippen LogP contribution in [0, 0.1) is 0 Å². The van der Waals surface area contributed by atoms with Gasteiger partial charge in [0.15, 0.2) is 6.61 Å². The molecule has 3 aromatic rings. The first kappa shape index (κ1) is 26.8. The topological polar surface area (TPSA) is 58.6 Å². The fourth-order valence-electron chi connectivity index (χ4n) is 4.53. The maximum absolute atomic E-state index is 13.4. The van der Waals surface area contributed by atoms with Gasteiger partial charge >= 0.3 is 0 Å². The molecule has 0 aromatic heterocycles. The average molecular weight is 592 g/mol. The smallest absolute Gasteiger partial charge is 0.261 e. The Bertz CT molecular complexity index is 1250. The van der Waals surface area contributed by atoms with Gasteiger partial charge in [-0.25, -0.2) is 0 Å². The van der Waals surface area contributed by atoms with Crippen LogP contribution in [0.15, 0.2) is 59.1 Å². The van der Waals surface area contributed by atoms with E-state index in [1.165, 1.54) is 11.3 Å². The fraction of sp³-hybridized carbons (Fsp3) is 0.357.